The van der Waals surface area contributed by atoms with Crippen LogP contribution >= 0.6 is 8.00 Å². The summed E-state index contributed by atoms with van der Waals surface area (Å²) in [5.41, 5.74) is 7.60. The molecule has 1 aromatic heterocycles. The van der Waals surface area contributed by atoms with Crippen LogP contribution in [-0.4, -0.2) is 21.7 Å². The third kappa shape index (κ3) is 4.08. The first kappa shape index (κ1) is 25.4. The molecule has 42 heavy (non-hydrogen) atoms. The Hall–Kier alpha value is -4.30. The molecule has 0 radical (unpaired) electrons. The highest BCUT2D eigenvalue weighted by molar-refractivity contribution is 7.45. The number of hydrogen-bond donors (Lipinski definition) is 0. The van der Waals surface area contributed by atoms with Gasteiger partial charge in [-0.15, -0.1) is 0 Å². The second kappa shape index (κ2) is 10.2. The summed E-state index contributed by atoms with van der Waals surface area (Å²) in [7, 11) is -0.982. The molecule has 0 saturated carbocycles. The van der Waals surface area contributed by atoms with Gasteiger partial charge in [-0.3, -0.25) is 8.66 Å². The maximum absolute atomic E-state index is 2.75. The van der Waals surface area contributed by atoms with Gasteiger partial charge in [0.1, 0.15) is 8.00 Å². The predicted molar refractivity (Wildman–Crippen MR) is 182 cm³/mol. The average Bonchev–Trinajstić information content (AvgIpc) is 3.52. The van der Waals surface area contributed by atoms with E-state index in [-0.39, 0.29) is 0 Å². The van der Waals surface area contributed by atoms with Gasteiger partial charge in [0.25, 0.3) is 0 Å². The minimum Gasteiger partial charge on any atom is -0.274 e. The summed E-state index contributed by atoms with van der Waals surface area (Å²) in [6, 6.07) is 45.5. The molecule has 0 N–H and O–H groups in total. The van der Waals surface area contributed by atoms with Crippen molar-refractivity contribution in [3.8, 4) is 11.4 Å². The minimum absolute atomic E-state index is 0.982. The van der Waals surface area contributed by atoms with Crippen LogP contribution in [0, 0.1) is 13.8 Å². The normalized spacial score (nSPS) is 14.0. The quantitative estimate of drug-likeness (QED) is 0.208. The van der Waals surface area contributed by atoms with Crippen LogP contribution in [0.1, 0.15) is 24.0 Å². The lowest BCUT2D eigenvalue weighted by Gasteiger charge is -2.26. The van der Waals surface area contributed by atoms with Crippen LogP contribution in [0.2, 0.25) is 0 Å². The van der Waals surface area contributed by atoms with Gasteiger partial charge in [-0.05, 0) is 84.6 Å². The van der Waals surface area contributed by atoms with Crippen molar-refractivity contribution in [3.05, 3.63) is 132 Å². The standard InChI is InChI=1S/C38H34N3P/c1-27-13-19-31(20-14-27)40-35-23-17-29-9-3-5-11-33(29)37(35)38-34-12-6-4-10-30(34)18-24-36(38)41(32-21-15-28(2)16-22-32)42(40)39-25-7-8-26-39/h3-6,9-24H,7-8,25-26H2,1-2H3. The molecule has 1 fully saturated rings. The zero-order chi connectivity index (χ0) is 28.2. The molecule has 4 heteroatoms. The maximum atomic E-state index is 2.75. The van der Waals surface area contributed by atoms with E-state index in [2.05, 4.69) is 149 Å². The van der Waals surface area contributed by atoms with E-state index in [4.69, 9.17) is 0 Å². The van der Waals surface area contributed by atoms with Gasteiger partial charge in [-0.2, -0.15) is 0 Å². The van der Waals surface area contributed by atoms with Crippen molar-refractivity contribution in [2.24, 2.45) is 0 Å². The third-order valence-corrected chi connectivity index (χ3v) is 11.3. The van der Waals surface area contributed by atoms with Crippen molar-refractivity contribution in [3.63, 3.8) is 0 Å². The molecule has 1 aliphatic heterocycles. The Balaban J connectivity index is 1.74. The Morgan fingerprint density at radius 1 is 0.476 bits per heavy atom. The molecule has 2 heterocycles. The molecule has 6 aromatic carbocycles. The first-order valence-electron chi connectivity index (χ1n) is 15.0. The fourth-order valence-corrected chi connectivity index (χ4v) is 9.39. The molecule has 0 amide bonds. The summed E-state index contributed by atoms with van der Waals surface area (Å²) in [5.74, 6) is 0. The lowest BCUT2D eigenvalue weighted by Crippen LogP contribution is -2.20. The lowest BCUT2D eigenvalue weighted by atomic mass is 9.98. The van der Waals surface area contributed by atoms with E-state index in [0.29, 0.717) is 0 Å². The smallest absolute Gasteiger partial charge is 0.116 e. The third-order valence-electron chi connectivity index (χ3n) is 8.77. The van der Waals surface area contributed by atoms with Crippen LogP contribution < -0.4 is 4.67 Å². The second-order valence-corrected chi connectivity index (χ2v) is 13.5. The van der Waals surface area contributed by atoms with Crippen LogP contribution in [0.4, 0.5) is 0 Å². The highest BCUT2D eigenvalue weighted by Gasteiger charge is 2.25. The fraction of sp³-hybridized carbons (Fsp3) is 0.158. The van der Waals surface area contributed by atoms with E-state index < -0.39 is 8.00 Å². The molecular formula is C38H34N3P. The van der Waals surface area contributed by atoms with Gasteiger partial charge in [0.2, 0.25) is 0 Å². The first-order chi connectivity index (χ1) is 20.7. The van der Waals surface area contributed by atoms with E-state index in [0.717, 1.165) is 13.1 Å². The number of rotatable bonds is 3. The van der Waals surface area contributed by atoms with Gasteiger partial charge in [0, 0.05) is 23.9 Å². The second-order valence-electron chi connectivity index (χ2n) is 11.6. The monoisotopic (exact) mass is 563 g/mol. The number of nitrogens with zero attached hydrogens (tertiary/aromatic N) is 3. The Morgan fingerprint density at radius 3 is 1.36 bits per heavy atom. The molecule has 0 spiro atoms. The Labute approximate surface area is 247 Å². The van der Waals surface area contributed by atoms with Gasteiger partial charge in [-0.25, -0.2) is 4.67 Å². The van der Waals surface area contributed by atoms with Gasteiger partial charge in [-0.1, -0.05) is 96.1 Å². The molecule has 1 aliphatic rings. The molecule has 0 aliphatic carbocycles. The molecular weight excluding hydrogens is 529 g/mol. The molecule has 0 unspecified atom stereocenters. The van der Waals surface area contributed by atoms with Crippen LogP contribution in [-0.2, 0) is 0 Å². The van der Waals surface area contributed by atoms with Gasteiger partial charge < -0.3 is 0 Å². The molecule has 206 valence electrons. The van der Waals surface area contributed by atoms with Crippen molar-refractivity contribution in [1.29, 1.82) is 0 Å². The summed E-state index contributed by atoms with van der Waals surface area (Å²) in [6.07, 6.45) is 2.47. The van der Waals surface area contributed by atoms with Gasteiger partial charge >= 0.3 is 0 Å². The number of fused-ring (bicyclic) bond motifs is 7. The van der Waals surface area contributed by atoms with Crippen molar-refractivity contribution >= 4 is 51.4 Å². The topological polar surface area (TPSA) is 13.1 Å². The van der Waals surface area contributed by atoms with E-state index in [9.17, 15) is 0 Å². The zero-order valence-corrected chi connectivity index (χ0v) is 25.1. The molecule has 0 atom stereocenters. The largest absolute Gasteiger partial charge is 0.274 e. The van der Waals surface area contributed by atoms with Crippen LogP contribution in [0.25, 0.3) is 54.7 Å². The molecule has 7 aromatic rings. The predicted octanol–water partition coefficient (Wildman–Crippen LogP) is 10.3. The van der Waals surface area contributed by atoms with Crippen molar-refractivity contribution < 1.29 is 0 Å². The fourth-order valence-electron chi connectivity index (χ4n) is 6.67. The average molecular weight is 564 g/mol. The zero-order valence-electron chi connectivity index (χ0n) is 24.2. The summed E-state index contributed by atoms with van der Waals surface area (Å²) in [5, 5.41) is 7.78. The lowest BCUT2D eigenvalue weighted by molar-refractivity contribution is 0.949. The maximum Gasteiger partial charge on any atom is 0.116 e. The highest BCUT2D eigenvalue weighted by atomic mass is 31.1. The number of hydrogen-bond acceptors (Lipinski definition) is 1. The van der Waals surface area contributed by atoms with Crippen LogP contribution in [0.5, 0.6) is 0 Å². The van der Waals surface area contributed by atoms with Crippen molar-refractivity contribution in [2.75, 3.05) is 17.8 Å². The first-order valence-corrected chi connectivity index (χ1v) is 16.2. The van der Waals surface area contributed by atoms with E-state index in [1.165, 1.54) is 78.7 Å². The molecule has 3 nitrogen and oxygen atoms in total. The molecule has 0 bridgehead atoms. The summed E-state index contributed by atoms with van der Waals surface area (Å²) >= 11 is 0. The highest BCUT2D eigenvalue weighted by Crippen LogP contribution is 2.46. The number of benzene rings is 6. The van der Waals surface area contributed by atoms with Gasteiger partial charge in [0.05, 0.1) is 22.4 Å². The van der Waals surface area contributed by atoms with Crippen molar-refractivity contribution in [1.82, 2.24) is 8.66 Å². The summed E-state index contributed by atoms with van der Waals surface area (Å²) in [4.78, 5) is 0. The Morgan fingerprint density at radius 2 is 0.905 bits per heavy atom. The van der Waals surface area contributed by atoms with E-state index in [1.807, 2.05) is 0 Å². The Kier molecular flexibility index (Phi) is 6.17. The Bertz CT molecular complexity index is 2010. The number of aryl methyl sites for hydroxylation is 2. The summed E-state index contributed by atoms with van der Waals surface area (Å²) < 4.78 is 8.10. The molecule has 8 rings (SSSR count). The van der Waals surface area contributed by atoms with E-state index in [1.54, 1.807) is 0 Å². The van der Waals surface area contributed by atoms with E-state index >= 15 is 0 Å². The SMILES string of the molecule is Cc1ccc(-n2c3ccc4ccccc4c3c3c4ccccc4ccc3n(-c3ccc(C)cc3)p2N2CCCC2)cc1. The molecule has 1 saturated heterocycles. The van der Waals surface area contributed by atoms with Crippen LogP contribution in [0.15, 0.2) is 121 Å². The number of aromatic nitrogens is 2. The minimum atomic E-state index is -0.982. The summed E-state index contributed by atoms with van der Waals surface area (Å²) in [6.45, 7) is 6.56. The van der Waals surface area contributed by atoms with Gasteiger partial charge in [0.15, 0.2) is 0 Å². The van der Waals surface area contributed by atoms with Crippen LogP contribution in [0.3, 0.4) is 0 Å². The van der Waals surface area contributed by atoms with Crippen molar-refractivity contribution in [2.45, 2.75) is 26.7 Å².